The highest BCUT2D eigenvalue weighted by molar-refractivity contribution is 5.80. The Morgan fingerprint density at radius 2 is 2.04 bits per heavy atom. The molecule has 1 aromatic heterocycles. The van der Waals surface area contributed by atoms with Crippen LogP contribution in [0.1, 0.15) is 43.8 Å². The van der Waals surface area contributed by atoms with Crippen LogP contribution in [-0.4, -0.2) is 48.1 Å². The summed E-state index contributed by atoms with van der Waals surface area (Å²) in [5.74, 6) is 0.148. The molecule has 2 fully saturated rings. The Balaban J connectivity index is 1.44. The van der Waals surface area contributed by atoms with Crippen molar-refractivity contribution in [3.05, 3.63) is 36.0 Å². The number of carbonyl (C=O) groups is 1. The number of nitrogens with zero attached hydrogens (tertiary/aromatic N) is 1. The molecule has 0 radical (unpaired) electrons. The largest absolute Gasteiger partial charge is 0.381 e. The third-order valence-electron chi connectivity index (χ3n) is 5.46. The lowest BCUT2D eigenvalue weighted by atomic mass is 9.99. The fourth-order valence-corrected chi connectivity index (χ4v) is 4.11. The third kappa shape index (κ3) is 3.88. The number of ether oxygens (including phenoxy) is 1. The number of rotatable bonds is 4. The van der Waals surface area contributed by atoms with Crippen LogP contribution in [-0.2, 0) is 9.53 Å². The number of likely N-dealkylation sites (tertiary alicyclic amines) is 1. The maximum atomic E-state index is 12.5. The molecular formula is C20H27N3O2. The first-order chi connectivity index (χ1) is 12.3. The van der Waals surface area contributed by atoms with E-state index in [1.807, 2.05) is 0 Å². The second kappa shape index (κ2) is 7.58. The van der Waals surface area contributed by atoms with Gasteiger partial charge in [-0.3, -0.25) is 9.69 Å². The molecule has 5 nitrogen and oxygen atoms in total. The fourth-order valence-electron chi connectivity index (χ4n) is 4.11. The van der Waals surface area contributed by atoms with E-state index in [0.29, 0.717) is 12.6 Å². The molecular weight excluding hydrogens is 314 g/mol. The van der Waals surface area contributed by atoms with Crippen molar-refractivity contribution in [1.29, 1.82) is 0 Å². The highest BCUT2D eigenvalue weighted by atomic mass is 16.5. The van der Waals surface area contributed by atoms with E-state index in [2.05, 4.69) is 45.5 Å². The van der Waals surface area contributed by atoms with Crippen molar-refractivity contribution in [3.8, 4) is 0 Å². The standard InChI is InChI=1S/C20H27N3O2/c24-20(21-16-8-11-25-12-9-16)14-23-10-4-3-7-19(23)18-13-15-5-1-2-6-17(15)22-18/h1-2,5-6,13,16,19,22H,3-4,7-12,14H2,(H,21,24)/t19-/m0/s1. The molecule has 0 unspecified atom stereocenters. The van der Waals surface area contributed by atoms with E-state index in [4.69, 9.17) is 4.74 Å². The molecule has 2 aliphatic rings. The molecule has 134 valence electrons. The van der Waals surface area contributed by atoms with Gasteiger partial charge in [0.25, 0.3) is 0 Å². The number of H-pyrrole nitrogens is 1. The van der Waals surface area contributed by atoms with E-state index in [1.54, 1.807) is 0 Å². The number of fused-ring (bicyclic) bond motifs is 1. The van der Waals surface area contributed by atoms with Crippen molar-refractivity contribution in [3.63, 3.8) is 0 Å². The van der Waals surface area contributed by atoms with Crippen molar-refractivity contribution >= 4 is 16.8 Å². The first kappa shape index (κ1) is 16.6. The van der Waals surface area contributed by atoms with Gasteiger partial charge in [0.15, 0.2) is 0 Å². The van der Waals surface area contributed by atoms with Gasteiger partial charge < -0.3 is 15.0 Å². The summed E-state index contributed by atoms with van der Waals surface area (Å²) in [5.41, 5.74) is 2.41. The minimum Gasteiger partial charge on any atom is -0.381 e. The molecule has 2 aliphatic heterocycles. The number of amides is 1. The zero-order chi connectivity index (χ0) is 17.1. The van der Waals surface area contributed by atoms with Gasteiger partial charge in [-0.05, 0) is 49.7 Å². The number of para-hydroxylation sites is 1. The Kier molecular flexibility index (Phi) is 5.04. The van der Waals surface area contributed by atoms with Crippen molar-refractivity contribution in [2.24, 2.45) is 0 Å². The molecule has 25 heavy (non-hydrogen) atoms. The molecule has 2 N–H and O–H groups in total. The van der Waals surface area contributed by atoms with Crippen LogP contribution in [0.4, 0.5) is 0 Å². The lowest BCUT2D eigenvalue weighted by Crippen LogP contribution is -2.46. The average molecular weight is 341 g/mol. The number of aromatic amines is 1. The maximum Gasteiger partial charge on any atom is 0.234 e. The normalized spacial score (nSPS) is 23.0. The predicted molar refractivity (Wildman–Crippen MR) is 98.4 cm³/mol. The van der Waals surface area contributed by atoms with Crippen molar-refractivity contribution in [2.75, 3.05) is 26.3 Å². The number of benzene rings is 1. The van der Waals surface area contributed by atoms with Gasteiger partial charge in [0.2, 0.25) is 5.91 Å². The van der Waals surface area contributed by atoms with Gasteiger partial charge in [0, 0.05) is 30.5 Å². The number of piperidine rings is 1. The Bertz CT molecular complexity index is 688. The highest BCUT2D eigenvalue weighted by Crippen LogP contribution is 2.32. The molecule has 0 saturated carbocycles. The first-order valence-corrected chi connectivity index (χ1v) is 9.48. The number of aromatic nitrogens is 1. The summed E-state index contributed by atoms with van der Waals surface area (Å²) in [6.07, 6.45) is 5.35. The van der Waals surface area contributed by atoms with Crippen LogP contribution in [0, 0.1) is 0 Å². The quantitative estimate of drug-likeness (QED) is 0.899. The summed E-state index contributed by atoms with van der Waals surface area (Å²) in [6.45, 7) is 2.98. The van der Waals surface area contributed by atoms with Crippen molar-refractivity contribution < 1.29 is 9.53 Å². The molecule has 2 saturated heterocycles. The Hall–Kier alpha value is -1.85. The first-order valence-electron chi connectivity index (χ1n) is 9.48. The van der Waals surface area contributed by atoms with Crippen LogP contribution in [0.2, 0.25) is 0 Å². The monoisotopic (exact) mass is 341 g/mol. The number of carbonyl (C=O) groups excluding carboxylic acids is 1. The van der Waals surface area contributed by atoms with E-state index in [0.717, 1.165) is 39.0 Å². The Labute approximate surface area is 148 Å². The lowest BCUT2D eigenvalue weighted by molar-refractivity contribution is -0.124. The van der Waals surface area contributed by atoms with Crippen LogP contribution in [0.5, 0.6) is 0 Å². The summed E-state index contributed by atoms with van der Waals surface area (Å²) in [5, 5.41) is 4.44. The lowest BCUT2D eigenvalue weighted by Gasteiger charge is -2.35. The predicted octanol–water partition coefficient (Wildman–Crippen LogP) is 2.99. The molecule has 1 atom stereocenters. The van der Waals surface area contributed by atoms with E-state index in [-0.39, 0.29) is 11.9 Å². The van der Waals surface area contributed by atoms with Gasteiger partial charge in [-0.1, -0.05) is 24.6 Å². The third-order valence-corrected chi connectivity index (χ3v) is 5.46. The molecule has 0 aliphatic carbocycles. The van der Waals surface area contributed by atoms with Crippen LogP contribution < -0.4 is 5.32 Å². The minimum absolute atomic E-state index is 0.148. The molecule has 4 rings (SSSR count). The maximum absolute atomic E-state index is 12.5. The molecule has 1 aromatic carbocycles. The summed E-state index contributed by atoms with van der Waals surface area (Å²) in [4.78, 5) is 18.4. The van der Waals surface area contributed by atoms with Crippen molar-refractivity contribution in [1.82, 2.24) is 15.2 Å². The smallest absolute Gasteiger partial charge is 0.234 e. The van der Waals surface area contributed by atoms with Crippen LogP contribution >= 0.6 is 0 Å². The van der Waals surface area contributed by atoms with Gasteiger partial charge in [-0.15, -0.1) is 0 Å². The van der Waals surface area contributed by atoms with Gasteiger partial charge in [-0.25, -0.2) is 0 Å². The summed E-state index contributed by atoms with van der Waals surface area (Å²) in [6, 6.07) is 11.2. The average Bonchev–Trinajstić information content (AvgIpc) is 3.07. The molecule has 2 aromatic rings. The summed E-state index contributed by atoms with van der Waals surface area (Å²) < 4.78 is 5.37. The minimum atomic E-state index is 0.148. The molecule has 5 heteroatoms. The molecule has 0 spiro atoms. The van der Waals surface area contributed by atoms with E-state index in [9.17, 15) is 4.79 Å². The van der Waals surface area contributed by atoms with Crippen LogP contribution in [0.3, 0.4) is 0 Å². The van der Waals surface area contributed by atoms with E-state index in [1.165, 1.54) is 29.4 Å². The highest BCUT2D eigenvalue weighted by Gasteiger charge is 2.27. The number of nitrogens with one attached hydrogen (secondary N) is 2. The SMILES string of the molecule is O=C(CN1CCCC[C@H]1c1cc2ccccc2[nH]1)NC1CCOCC1. The zero-order valence-corrected chi connectivity index (χ0v) is 14.7. The van der Waals surface area contributed by atoms with Crippen LogP contribution in [0.25, 0.3) is 10.9 Å². The number of hydrogen-bond donors (Lipinski definition) is 2. The second-order valence-corrected chi connectivity index (χ2v) is 7.25. The Morgan fingerprint density at radius 1 is 1.20 bits per heavy atom. The van der Waals surface area contributed by atoms with E-state index < -0.39 is 0 Å². The summed E-state index contributed by atoms with van der Waals surface area (Å²) in [7, 11) is 0. The number of hydrogen-bond acceptors (Lipinski definition) is 3. The zero-order valence-electron chi connectivity index (χ0n) is 14.7. The van der Waals surface area contributed by atoms with Gasteiger partial charge in [0.1, 0.15) is 0 Å². The molecule has 1 amide bonds. The van der Waals surface area contributed by atoms with Gasteiger partial charge in [-0.2, -0.15) is 0 Å². The van der Waals surface area contributed by atoms with Gasteiger partial charge >= 0.3 is 0 Å². The Morgan fingerprint density at radius 3 is 2.88 bits per heavy atom. The second-order valence-electron chi connectivity index (χ2n) is 7.25. The van der Waals surface area contributed by atoms with Crippen molar-refractivity contribution in [2.45, 2.75) is 44.2 Å². The van der Waals surface area contributed by atoms with Gasteiger partial charge in [0.05, 0.1) is 12.6 Å². The van der Waals surface area contributed by atoms with Crippen LogP contribution in [0.15, 0.2) is 30.3 Å². The molecule has 0 bridgehead atoms. The summed E-state index contributed by atoms with van der Waals surface area (Å²) >= 11 is 0. The topological polar surface area (TPSA) is 57.4 Å². The van der Waals surface area contributed by atoms with E-state index >= 15 is 0 Å². The fraction of sp³-hybridized carbons (Fsp3) is 0.550. The molecule has 3 heterocycles.